The number of halogens is 1. The number of ether oxygens (including phenoxy) is 1. The zero-order chi connectivity index (χ0) is 23.8. The van der Waals surface area contributed by atoms with E-state index in [0.717, 1.165) is 4.90 Å². The summed E-state index contributed by atoms with van der Waals surface area (Å²) in [6.45, 7) is 3.85. The molecule has 7 nitrogen and oxygen atoms in total. The highest BCUT2D eigenvalue weighted by atomic mass is 32.2. The highest BCUT2D eigenvalue weighted by molar-refractivity contribution is 7.91. The van der Waals surface area contributed by atoms with E-state index < -0.39 is 45.2 Å². The highest BCUT2D eigenvalue weighted by Crippen LogP contribution is 2.43. The van der Waals surface area contributed by atoms with Crippen molar-refractivity contribution >= 4 is 27.3 Å². The third-order valence-corrected chi connectivity index (χ3v) is 7.53. The van der Waals surface area contributed by atoms with Gasteiger partial charge in [-0.05, 0) is 36.8 Å². The number of ketones is 1. The van der Waals surface area contributed by atoms with Gasteiger partial charge in [-0.1, -0.05) is 30.9 Å². The molecule has 1 N–H and O–H groups in total. The van der Waals surface area contributed by atoms with Crippen LogP contribution in [-0.4, -0.2) is 54.3 Å². The fraction of sp³-hybridized carbons (Fsp3) is 0.250. The largest absolute Gasteiger partial charge is 0.507 e. The first kappa shape index (κ1) is 22.7. The van der Waals surface area contributed by atoms with Crippen LogP contribution in [0.3, 0.4) is 0 Å². The second-order valence-electron chi connectivity index (χ2n) is 7.91. The fourth-order valence-corrected chi connectivity index (χ4v) is 5.95. The summed E-state index contributed by atoms with van der Waals surface area (Å²) >= 11 is 0. The van der Waals surface area contributed by atoms with Crippen molar-refractivity contribution < 1.29 is 32.2 Å². The standard InChI is InChI=1S/C24H22FNO6S/c1-2-12-32-17-9-7-15(8-10-17)22(27)20-21(18-5-3-4-6-19(18)25)26(24(29)23(20)28)16-11-13-33(30,31)14-16/h2-10,16,21,27H,1,11-14H2/t16-,21+/m1/s1. The Kier molecular flexibility index (Phi) is 6.07. The van der Waals surface area contributed by atoms with Gasteiger partial charge in [-0.2, -0.15) is 0 Å². The summed E-state index contributed by atoms with van der Waals surface area (Å²) in [4.78, 5) is 27.1. The third-order valence-electron chi connectivity index (χ3n) is 5.78. The van der Waals surface area contributed by atoms with Crippen molar-refractivity contribution in [2.45, 2.75) is 18.5 Å². The summed E-state index contributed by atoms with van der Waals surface area (Å²) in [5.41, 5.74) is -0.0398. The van der Waals surface area contributed by atoms with E-state index in [2.05, 4.69) is 6.58 Å². The van der Waals surface area contributed by atoms with Crippen LogP contribution in [-0.2, 0) is 19.4 Å². The smallest absolute Gasteiger partial charge is 0.295 e. The van der Waals surface area contributed by atoms with Crippen LogP contribution in [0.15, 0.2) is 66.8 Å². The Morgan fingerprint density at radius 3 is 2.48 bits per heavy atom. The van der Waals surface area contributed by atoms with Crippen LogP contribution in [0.4, 0.5) is 4.39 Å². The van der Waals surface area contributed by atoms with Crippen molar-refractivity contribution in [1.82, 2.24) is 4.90 Å². The summed E-state index contributed by atoms with van der Waals surface area (Å²) in [5.74, 6) is -3.03. The quantitative estimate of drug-likeness (QED) is 0.301. The molecule has 0 radical (unpaired) electrons. The lowest BCUT2D eigenvalue weighted by atomic mass is 9.94. The summed E-state index contributed by atoms with van der Waals surface area (Å²) in [5, 5.41) is 11.0. The number of nitrogens with zero attached hydrogens (tertiary/aromatic N) is 1. The molecule has 33 heavy (non-hydrogen) atoms. The summed E-state index contributed by atoms with van der Waals surface area (Å²) in [7, 11) is -3.39. The molecule has 2 fully saturated rings. The number of rotatable bonds is 6. The Balaban J connectivity index is 1.83. The summed E-state index contributed by atoms with van der Waals surface area (Å²) in [6.07, 6.45) is 1.71. The van der Waals surface area contributed by atoms with Crippen LogP contribution in [0.5, 0.6) is 5.75 Å². The van der Waals surface area contributed by atoms with E-state index in [9.17, 15) is 27.5 Å². The molecule has 0 unspecified atom stereocenters. The van der Waals surface area contributed by atoms with Crippen molar-refractivity contribution in [3.63, 3.8) is 0 Å². The van der Waals surface area contributed by atoms with Crippen LogP contribution in [0.2, 0.25) is 0 Å². The van der Waals surface area contributed by atoms with Crippen molar-refractivity contribution in [2.75, 3.05) is 18.1 Å². The van der Waals surface area contributed by atoms with E-state index in [1.807, 2.05) is 0 Å². The van der Waals surface area contributed by atoms with Gasteiger partial charge in [0, 0.05) is 17.2 Å². The molecule has 9 heteroatoms. The highest BCUT2D eigenvalue weighted by Gasteiger charge is 2.51. The van der Waals surface area contributed by atoms with Crippen LogP contribution in [0, 0.1) is 5.82 Å². The lowest BCUT2D eigenvalue weighted by Crippen LogP contribution is -2.40. The van der Waals surface area contributed by atoms with E-state index in [-0.39, 0.29) is 41.2 Å². The number of likely N-dealkylation sites (tertiary alicyclic amines) is 1. The molecule has 1 amide bonds. The Morgan fingerprint density at radius 1 is 1.18 bits per heavy atom. The lowest BCUT2D eigenvalue weighted by Gasteiger charge is -2.30. The monoisotopic (exact) mass is 471 g/mol. The van der Waals surface area contributed by atoms with Crippen LogP contribution >= 0.6 is 0 Å². The van der Waals surface area contributed by atoms with E-state index >= 15 is 0 Å². The average molecular weight is 472 g/mol. The van der Waals surface area contributed by atoms with Gasteiger partial charge >= 0.3 is 0 Å². The molecular weight excluding hydrogens is 449 g/mol. The maximum Gasteiger partial charge on any atom is 0.295 e. The Morgan fingerprint density at radius 2 is 1.88 bits per heavy atom. The maximum atomic E-state index is 14.8. The molecule has 2 saturated heterocycles. The predicted octanol–water partition coefficient (Wildman–Crippen LogP) is 3.00. The second-order valence-corrected chi connectivity index (χ2v) is 10.1. The first-order valence-electron chi connectivity index (χ1n) is 10.3. The topological polar surface area (TPSA) is 101 Å². The molecule has 0 bridgehead atoms. The molecule has 2 aromatic carbocycles. The number of hydrogen-bond donors (Lipinski definition) is 1. The van der Waals surface area contributed by atoms with Crippen molar-refractivity contribution in [3.05, 3.63) is 83.7 Å². The molecule has 0 aliphatic carbocycles. The molecule has 2 aromatic rings. The first-order valence-corrected chi connectivity index (χ1v) is 12.1. The number of aliphatic hydroxyl groups is 1. The second kappa shape index (κ2) is 8.82. The average Bonchev–Trinajstić information content (AvgIpc) is 3.28. The molecule has 0 spiro atoms. The summed E-state index contributed by atoms with van der Waals surface area (Å²) in [6, 6.07) is 9.76. The molecule has 2 aliphatic rings. The Bertz CT molecular complexity index is 1250. The molecule has 2 atom stereocenters. The van der Waals surface area contributed by atoms with Gasteiger partial charge in [0.1, 0.15) is 23.9 Å². The Hall–Kier alpha value is -3.46. The molecule has 172 valence electrons. The Labute approximate surface area is 190 Å². The number of carbonyl (C=O) groups excluding carboxylic acids is 2. The number of sulfone groups is 1. The van der Waals surface area contributed by atoms with Gasteiger partial charge < -0.3 is 14.7 Å². The molecule has 4 rings (SSSR count). The van der Waals surface area contributed by atoms with Gasteiger partial charge in [0.25, 0.3) is 11.7 Å². The van der Waals surface area contributed by atoms with Gasteiger partial charge in [0.2, 0.25) is 0 Å². The van der Waals surface area contributed by atoms with Crippen molar-refractivity contribution in [1.29, 1.82) is 0 Å². The zero-order valence-electron chi connectivity index (χ0n) is 17.6. The van der Waals surface area contributed by atoms with Crippen molar-refractivity contribution in [2.24, 2.45) is 0 Å². The van der Waals surface area contributed by atoms with Gasteiger partial charge in [0.05, 0.1) is 23.1 Å². The number of benzene rings is 2. The molecule has 2 heterocycles. The minimum atomic E-state index is -3.39. The number of carbonyl (C=O) groups is 2. The minimum absolute atomic E-state index is 0.00786. The van der Waals surface area contributed by atoms with Crippen LogP contribution < -0.4 is 4.74 Å². The number of hydrogen-bond acceptors (Lipinski definition) is 6. The van der Waals surface area contributed by atoms with Gasteiger partial charge in [-0.15, -0.1) is 0 Å². The van der Waals surface area contributed by atoms with E-state index in [0.29, 0.717) is 5.75 Å². The maximum absolute atomic E-state index is 14.8. The fourth-order valence-electron chi connectivity index (χ4n) is 4.24. The number of amides is 1. The van der Waals surface area contributed by atoms with E-state index in [1.165, 1.54) is 30.3 Å². The SMILES string of the molecule is C=CCOc1ccc(C(O)=C2C(=O)C(=O)N([C@@H]3CCS(=O)(=O)C3)[C@H]2c2ccccc2F)cc1. The van der Waals surface area contributed by atoms with Gasteiger partial charge in [-0.3, -0.25) is 9.59 Å². The van der Waals surface area contributed by atoms with Gasteiger partial charge in [-0.25, -0.2) is 12.8 Å². The molecule has 0 aromatic heterocycles. The zero-order valence-corrected chi connectivity index (χ0v) is 18.4. The number of Topliss-reactive ketones (excluding diaryl/α,β-unsaturated/α-hetero) is 1. The molecular formula is C24H22FNO6S. The lowest BCUT2D eigenvalue weighted by molar-refractivity contribution is -0.141. The van der Waals surface area contributed by atoms with Crippen molar-refractivity contribution in [3.8, 4) is 5.75 Å². The summed E-state index contributed by atoms with van der Waals surface area (Å²) < 4.78 is 44.4. The normalized spacial score (nSPS) is 23.6. The first-order chi connectivity index (χ1) is 15.7. The molecule has 2 aliphatic heterocycles. The third kappa shape index (κ3) is 4.28. The minimum Gasteiger partial charge on any atom is -0.507 e. The van der Waals surface area contributed by atoms with Gasteiger partial charge in [0.15, 0.2) is 9.84 Å². The van der Waals surface area contributed by atoms with E-state index in [1.54, 1.807) is 24.3 Å². The number of aliphatic hydroxyl groups excluding tert-OH is 1. The van der Waals surface area contributed by atoms with Crippen LogP contribution in [0.25, 0.3) is 5.76 Å². The predicted molar refractivity (Wildman–Crippen MR) is 120 cm³/mol. The van der Waals surface area contributed by atoms with E-state index in [4.69, 9.17) is 4.74 Å². The van der Waals surface area contributed by atoms with Crippen LogP contribution in [0.1, 0.15) is 23.6 Å². The molecule has 0 saturated carbocycles.